The Bertz CT molecular complexity index is 1540. The SMILES string of the molecule is CC(C)C[C@H](CC(=O)CNC(=O)c1cc(Br)ccc1Cl)B(O)O.CC(C)C[C@H](CC(=O)CNC(=O)c1cc(Br)ccc1Cl)B1OCCNCCO1.OCCNCCO. The van der Waals surface area contributed by atoms with Gasteiger partial charge in [-0.05, 0) is 61.1 Å². The molecule has 1 aliphatic rings. The lowest BCUT2D eigenvalue weighted by molar-refractivity contribution is -0.119. The standard InChI is InChI=1S/C19H27BBrClN2O4.C15H20BBrClNO4.C4H11NO2/c1-13(2)9-14(20-27-7-5-23-6-8-28-20)10-16(25)12-24-19(26)17-11-15(21)3-4-18(17)22;1-9(2)5-10(16(22)23)6-12(20)8-19-15(21)13-7-11(17)3-4-14(13)18;6-3-1-5-2-4-7/h3-4,11,13-14,23H,5-10,12H2,1-2H3,(H,24,26);3-4,7,9-10,22-23H,5-6,8H2,1-2H3,(H,19,21);5-7H,1-4H2/t14-;10-;/m11./s1. The van der Waals surface area contributed by atoms with Gasteiger partial charge in [-0.3, -0.25) is 19.2 Å². The monoisotopic (exact) mass is 980 g/mol. The number of ketones is 2. The Morgan fingerprint density at radius 3 is 1.64 bits per heavy atom. The molecule has 2 aromatic carbocycles. The van der Waals surface area contributed by atoms with Crippen molar-refractivity contribution in [1.82, 2.24) is 21.3 Å². The summed E-state index contributed by atoms with van der Waals surface area (Å²) in [6, 6.07) is 9.90. The molecule has 0 unspecified atom stereocenters. The quantitative estimate of drug-likeness (QED) is 0.0677. The van der Waals surface area contributed by atoms with Crippen molar-refractivity contribution in [2.24, 2.45) is 11.8 Å². The van der Waals surface area contributed by atoms with Gasteiger partial charge < -0.3 is 50.8 Å². The van der Waals surface area contributed by atoms with E-state index in [1.165, 1.54) is 0 Å². The number of carbonyl (C=O) groups excluding carboxylic acids is 4. The van der Waals surface area contributed by atoms with E-state index in [0.29, 0.717) is 65.1 Å². The van der Waals surface area contributed by atoms with Crippen LogP contribution in [0.3, 0.4) is 0 Å². The zero-order valence-corrected chi connectivity index (χ0v) is 38.3. The van der Waals surface area contributed by atoms with E-state index in [2.05, 4.69) is 67.0 Å². The summed E-state index contributed by atoms with van der Waals surface area (Å²) in [5.74, 6) is -1.07. The lowest BCUT2D eigenvalue weighted by Gasteiger charge is -2.26. The Kier molecular flexibility index (Phi) is 28.9. The minimum Gasteiger partial charge on any atom is -0.427 e. The number of hydrogen-bond donors (Lipinski definition) is 8. The first kappa shape index (κ1) is 54.1. The lowest BCUT2D eigenvalue weighted by atomic mass is 9.65. The molecule has 2 atom stereocenters. The third kappa shape index (κ3) is 23.8. The summed E-state index contributed by atoms with van der Waals surface area (Å²) in [5.41, 5.74) is 0.608. The molecule has 0 bridgehead atoms. The Balaban J connectivity index is 0.000000505. The molecule has 1 saturated heterocycles. The summed E-state index contributed by atoms with van der Waals surface area (Å²) in [4.78, 5) is 48.9. The number of Topliss-reactive ketones (excluding diaryl/α,β-unsaturated/α-hetero) is 2. The average molecular weight is 983 g/mol. The van der Waals surface area contributed by atoms with Crippen LogP contribution < -0.4 is 21.3 Å². The normalized spacial score (nSPS) is 13.9. The molecule has 58 heavy (non-hydrogen) atoms. The molecule has 0 spiro atoms. The predicted molar refractivity (Wildman–Crippen MR) is 236 cm³/mol. The molecule has 14 nitrogen and oxygen atoms in total. The van der Waals surface area contributed by atoms with Crippen LogP contribution in [0.1, 0.15) is 74.1 Å². The molecule has 324 valence electrons. The first-order valence-corrected chi connectivity index (χ1v) is 21.5. The van der Waals surface area contributed by atoms with Crippen LogP contribution >= 0.6 is 55.1 Å². The summed E-state index contributed by atoms with van der Waals surface area (Å²) >= 11 is 18.6. The van der Waals surface area contributed by atoms with Gasteiger partial charge in [0.1, 0.15) is 0 Å². The first-order chi connectivity index (χ1) is 27.5. The van der Waals surface area contributed by atoms with Crippen LogP contribution in [0.2, 0.25) is 21.7 Å². The second-order valence-electron chi connectivity index (χ2n) is 14.3. The number of benzene rings is 2. The van der Waals surface area contributed by atoms with Crippen molar-refractivity contribution in [3.8, 4) is 0 Å². The molecule has 1 fully saturated rings. The Morgan fingerprint density at radius 1 is 0.776 bits per heavy atom. The molecule has 20 heteroatoms. The molecular formula is C38H58B2Br2Cl2N4O10. The number of hydrogen-bond acceptors (Lipinski definition) is 12. The molecule has 3 rings (SSSR count). The fourth-order valence-corrected chi connectivity index (χ4v) is 6.78. The smallest absolute Gasteiger partial charge is 0.427 e. The number of amides is 2. The first-order valence-electron chi connectivity index (χ1n) is 19.2. The van der Waals surface area contributed by atoms with Crippen LogP contribution in [-0.4, -0.2) is 124 Å². The fourth-order valence-electron chi connectivity index (χ4n) is 5.66. The van der Waals surface area contributed by atoms with E-state index < -0.39 is 26.0 Å². The third-order valence-corrected chi connectivity index (χ3v) is 9.92. The summed E-state index contributed by atoms with van der Waals surface area (Å²) in [6.45, 7) is 11.9. The second-order valence-corrected chi connectivity index (χ2v) is 17.0. The lowest BCUT2D eigenvalue weighted by Crippen LogP contribution is -2.40. The molecule has 0 saturated carbocycles. The minimum atomic E-state index is -1.54. The highest BCUT2D eigenvalue weighted by Crippen LogP contribution is 2.27. The van der Waals surface area contributed by atoms with Gasteiger partial charge in [-0.15, -0.1) is 0 Å². The number of nitrogens with one attached hydrogen (secondary N) is 4. The fraction of sp³-hybridized carbons (Fsp3) is 0.579. The molecular weight excluding hydrogens is 925 g/mol. The van der Waals surface area contributed by atoms with Gasteiger partial charge in [-0.1, -0.05) is 82.8 Å². The van der Waals surface area contributed by atoms with Crippen molar-refractivity contribution in [1.29, 1.82) is 0 Å². The van der Waals surface area contributed by atoms with Crippen LogP contribution in [0.4, 0.5) is 0 Å². The Labute approximate surface area is 369 Å². The highest BCUT2D eigenvalue weighted by molar-refractivity contribution is 9.10. The van der Waals surface area contributed by atoms with E-state index in [1.54, 1.807) is 36.4 Å². The summed E-state index contributed by atoms with van der Waals surface area (Å²) < 4.78 is 13.1. The van der Waals surface area contributed by atoms with Gasteiger partial charge in [-0.2, -0.15) is 0 Å². The minimum absolute atomic E-state index is 0.00232. The zero-order chi connectivity index (χ0) is 43.6. The van der Waals surface area contributed by atoms with Gasteiger partial charge in [0.25, 0.3) is 11.8 Å². The van der Waals surface area contributed by atoms with Gasteiger partial charge in [0.2, 0.25) is 0 Å². The highest BCUT2D eigenvalue weighted by Gasteiger charge is 2.33. The van der Waals surface area contributed by atoms with Crippen LogP contribution in [0.25, 0.3) is 0 Å². The van der Waals surface area contributed by atoms with Crippen molar-refractivity contribution in [3.63, 3.8) is 0 Å². The van der Waals surface area contributed by atoms with Crippen molar-refractivity contribution in [2.45, 2.75) is 65.0 Å². The summed E-state index contributed by atoms with van der Waals surface area (Å²) in [6.07, 6.45) is 1.63. The third-order valence-electron chi connectivity index (χ3n) is 8.27. The zero-order valence-electron chi connectivity index (χ0n) is 33.6. The molecule has 0 aliphatic carbocycles. The van der Waals surface area contributed by atoms with E-state index >= 15 is 0 Å². The van der Waals surface area contributed by atoms with E-state index in [9.17, 15) is 29.2 Å². The summed E-state index contributed by atoms with van der Waals surface area (Å²) in [5, 5.41) is 46.7. The second kappa shape index (κ2) is 31.0. The predicted octanol–water partition coefficient (Wildman–Crippen LogP) is 4.57. The van der Waals surface area contributed by atoms with Crippen LogP contribution in [0.5, 0.6) is 0 Å². The van der Waals surface area contributed by atoms with Crippen molar-refractivity contribution >= 4 is 92.7 Å². The van der Waals surface area contributed by atoms with Gasteiger partial charge in [0.05, 0.1) is 47.5 Å². The maximum atomic E-state index is 12.5. The molecule has 1 aliphatic heterocycles. The van der Waals surface area contributed by atoms with Gasteiger partial charge >= 0.3 is 14.2 Å². The van der Waals surface area contributed by atoms with Crippen molar-refractivity contribution in [3.05, 3.63) is 66.5 Å². The number of halogens is 4. The van der Waals surface area contributed by atoms with Crippen LogP contribution in [0.15, 0.2) is 45.3 Å². The van der Waals surface area contributed by atoms with Crippen molar-refractivity contribution in [2.75, 3.05) is 65.7 Å². The van der Waals surface area contributed by atoms with Gasteiger partial charge in [-0.25, -0.2) is 0 Å². The van der Waals surface area contributed by atoms with E-state index in [1.807, 2.05) is 13.8 Å². The average Bonchev–Trinajstić information content (AvgIpc) is 3.14. The molecule has 8 N–H and O–H groups in total. The van der Waals surface area contributed by atoms with Gasteiger partial charge in [0.15, 0.2) is 11.6 Å². The topological polar surface area (TPSA) is 216 Å². The molecule has 1 heterocycles. The Morgan fingerprint density at radius 2 is 1.22 bits per heavy atom. The molecule has 0 aromatic heterocycles. The molecule has 0 radical (unpaired) electrons. The highest BCUT2D eigenvalue weighted by atomic mass is 79.9. The molecule has 2 aromatic rings. The number of carbonyl (C=O) groups is 4. The maximum absolute atomic E-state index is 12.5. The largest absolute Gasteiger partial charge is 0.460 e. The van der Waals surface area contributed by atoms with E-state index in [0.717, 1.165) is 24.0 Å². The number of rotatable bonds is 20. The van der Waals surface area contributed by atoms with Crippen molar-refractivity contribution < 1.29 is 48.7 Å². The van der Waals surface area contributed by atoms with Crippen LogP contribution in [-0.2, 0) is 18.9 Å². The molecule has 2 amide bonds. The van der Waals surface area contributed by atoms with E-state index in [-0.39, 0.29) is 67.5 Å². The van der Waals surface area contributed by atoms with E-state index in [4.69, 9.17) is 42.7 Å². The van der Waals surface area contributed by atoms with Gasteiger partial charge in [0, 0.05) is 72.8 Å². The number of aliphatic hydroxyl groups is 2. The summed E-state index contributed by atoms with van der Waals surface area (Å²) in [7, 11) is -1.94. The maximum Gasteiger partial charge on any atom is 0.460 e. The number of aliphatic hydroxyl groups excluding tert-OH is 2. The van der Waals surface area contributed by atoms with Crippen LogP contribution in [0, 0.1) is 11.8 Å². The Hall–Kier alpha value is -1.93.